The smallest absolute Gasteiger partial charge is 0.269 e. The molecule has 0 unspecified atom stereocenters. The number of hydrogen-bond acceptors (Lipinski definition) is 5. The summed E-state index contributed by atoms with van der Waals surface area (Å²) in [6.07, 6.45) is 1.52. The Labute approximate surface area is 107 Å². The van der Waals surface area contributed by atoms with Crippen molar-refractivity contribution >= 4 is 21.4 Å². The molecule has 0 aliphatic carbocycles. The number of carbonyl (C=O) groups excluding carboxylic acids is 1. The van der Waals surface area contributed by atoms with Crippen LogP contribution >= 0.6 is 0 Å². The standard InChI is InChI=1S/C11H17N3O3S/c1-3-18(16,17)7-6-14-11(15)10-8-9(12-2)4-5-13-10/h4-5,8H,3,6-7H2,1-2H3,(H,12,13)(H,14,15). The summed E-state index contributed by atoms with van der Waals surface area (Å²) < 4.78 is 22.5. The molecule has 7 heteroatoms. The van der Waals surface area contributed by atoms with Gasteiger partial charge in [-0.3, -0.25) is 9.78 Å². The topological polar surface area (TPSA) is 88.2 Å². The highest BCUT2D eigenvalue weighted by Gasteiger charge is 2.10. The van der Waals surface area contributed by atoms with Gasteiger partial charge in [0.2, 0.25) is 0 Å². The van der Waals surface area contributed by atoms with E-state index in [-0.39, 0.29) is 29.7 Å². The molecule has 0 radical (unpaired) electrons. The number of rotatable bonds is 6. The fourth-order valence-corrected chi connectivity index (χ4v) is 1.97. The van der Waals surface area contributed by atoms with Crippen LogP contribution in [0.5, 0.6) is 0 Å². The lowest BCUT2D eigenvalue weighted by atomic mass is 10.3. The predicted octanol–water partition coefficient (Wildman–Crippen LogP) is 0.288. The molecule has 18 heavy (non-hydrogen) atoms. The van der Waals surface area contributed by atoms with E-state index in [1.54, 1.807) is 26.1 Å². The van der Waals surface area contributed by atoms with Crippen LogP contribution in [0.2, 0.25) is 0 Å². The Hall–Kier alpha value is -1.63. The molecule has 2 N–H and O–H groups in total. The number of hydrogen-bond donors (Lipinski definition) is 2. The Bertz CT molecular complexity index is 514. The number of anilines is 1. The maximum atomic E-state index is 11.7. The van der Waals surface area contributed by atoms with Crippen molar-refractivity contribution in [3.8, 4) is 0 Å². The molecule has 0 fully saturated rings. The lowest BCUT2D eigenvalue weighted by molar-refractivity contribution is 0.0951. The molecule has 0 aliphatic heterocycles. The number of pyridine rings is 1. The minimum absolute atomic E-state index is 0.0546. The second-order valence-corrected chi connectivity index (χ2v) is 6.14. The van der Waals surface area contributed by atoms with Gasteiger partial charge in [-0.2, -0.15) is 0 Å². The summed E-state index contributed by atoms with van der Waals surface area (Å²) in [5.41, 5.74) is 1.03. The SMILES string of the molecule is CCS(=O)(=O)CCNC(=O)c1cc(NC)ccn1. The first-order chi connectivity index (χ1) is 8.48. The summed E-state index contributed by atoms with van der Waals surface area (Å²) in [6, 6.07) is 3.34. The third-order valence-corrected chi connectivity index (χ3v) is 4.13. The summed E-state index contributed by atoms with van der Waals surface area (Å²) >= 11 is 0. The third-order valence-electron chi connectivity index (χ3n) is 2.42. The molecule has 0 spiro atoms. The van der Waals surface area contributed by atoms with E-state index in [0.717, 1.165) is 5.69 Å². The van der Waals surface area contributed by atoms with E-state index < -0.39 is 9.84 Å². The van der Waals surface area contributed by atoms with Crippen LogP contribution in [-0.2, 0) is 9.84 Å². The number of sulfone groups is 1. The maximum absolute atomic E-state index is 11.7. The molecular formula is C11H17N3O3S. The molecule has 0 aliphatic rings. The molecule has 6 nitrogen and oxygen atoms in total. The summed E-state index contributed by atoms with van der Waals surface area (Å²) in [4.78, 5) is 15.6. The zero-order chi connectivity index (χ0) is 13.6. The predicted molar refractivity (Wildman–Crippen MR) is 70.4 cm³/mol. The average molecular weight is 271 g/mol. The molecule has 0 saturated heterocycles. The molecule has 0 saturated carbocycles. The Morgan fingerprint density at radius 3 is 2.78 bits per heavy atom. The molecule has 1 aromatic rings. The molecule has 0 bridgehead atoms. The van der Waals surface area contributed by atoms with Crippen LogP contribution < -0.4 is 10.6 Å². The molecule has 1 rings (SSSR count). The van der Waals surface area contributed by atoms with Crippen LogP contribution in [0.4, 0.5) is 5.69 Å². The van der Waals surface area contributed by atoms with Crippen molar-refractivity contribution in [1.82, 2.24) is 10.3 Å². The van der Waals surface area contributed by atoms with E-state index in [1.165, 1.54) is 6.20 Å². The fraction of sp³-hybridized carbons (Fsp3) is 0.455. The second-order valence-electron chi connectivity index (χ2n) is 3.67. The number of amides is 1. The molecule has 0 atom stereocenters. The van der Waals surface area contributed by atoms with Gasteiger partial charge in [0.25, 0.3) is 5.91 Å². The number of nitrogens with one attached hydrogen (secondary N) is 2. The van der Waals surface area contributed by atoms with E-state index >= 15 is 0 Å². The van der Waals surface area contributed by atoms with Gasteiger partial charge in [0.15, 0.2) is 9.84 Å². The Morgan fingerprint density at radius 1 is 1.44 bits per heavy atom. The van der Waals surface area contributed by atoms with Crippen LogP contribution in [0.25, 0.3) is 0 Å². The molecule has 1 aromatic heterocycles. The van der Waals surface area contributed by atoms with E-state index in [4.69, 9.17) is 0 Å². The van der Waals surface area contributed by atoms with Crippen molar-refractivity contribution in [3.63, 3.8) is 0 Å². The van der Waals surface area contributed by atoms with Crippen LogP contribution in [0, 0.1) is 0 Å². The summed E-state index contributed by atoms with van der Waals surface area (Å²) in [5, 5.41) is 5.43. The van der Waals surface area contributed by atoms with Gasteiger partial charge in [0.1, 0.15) is 5.69 Å². The van der Waals surface area contributed by atoms with Crippen molar-refractivity contribution < 1.29 is 13.2 Å². The fourth-order valence-electron chi connectivity index (χ4n) is 1.27. The number of carbonyl (C=O) groups is 1. The minimum Gasteiger partial charge on any atom is -0.388 e. The van der Waals surface area contributed by atoms with Crippen molar-refractivity contribution in [3.05, 3.63) is 24.0 Å². The summed E-state index contributed by atoms with van der Waals surface area (Å²) in [5.74, 6) is -0.351. The van der Waals surface area contributed by atoms with Gasteiger partial charge in [0.05, 0.1) is 5.75 Å². The highest BCUT2D eigenvalue weighted by Crippen LogP contribution is 2.06. The lowest BCUT2D eigenvalue weighted by Crippen LogP contribution is -2.30. The first-order valence-corrected chi connectivity index (χ1v) is 7.43. The van der Waals surface area contributed by atoms with Gasteiger partial charge < -0.3 is 10.6 Å². The monoisotopic (exact) mass is 271 g/mol. The summed E-state index contributed by atoms with van der Waals surface area (Å²) in [6.45, 7) is 1.68. The van der Waals surface area contributed by atoms with E-state index in [0.29, 0.717) is 0 Å². The molecule has 1 heterocycles. The van der Waals surface area contributed by atoms with E-state index in [1.807, 2.05) is 0 Å². The minimum atomic E-state index is -3.06. The van der Waals surface area contributed by atoms with Crippen molar-refractivity contribution in [1.29, 1.82) is 0 Å². The molecular weight excluding hydrogens is 254 g/mol. The maximum Gasteiger partial charge on any atom is 0.269 e. The van der Waals surface area contributed by atoms with Crippen molar-refractivity contribution in [2.45, 2.75) is 6.92 Å². The summed E-state index contributed by atoms with van der Waals surface area (Å²) in [7, 11) is -1.32. The van der Waals surface area contributed by atoms with Gasteiger partial charge in [-0.25, -0.2) is 8.42 Å². The van der Waals surface area contributed by atoms with E-state index in [9.17, 15) is 13.2 Å². The Balaban J connectivity index is 2.55. The highest BCUT2D eigenvalue weighted by molar-refractivity contribution is 7.91. The first-order valence-electron chi connectivity index (χ1n) is 5.61. The zero-order valence-electron chi connectivity index (χ0n) is 10.4. The first kappa shape index (κ1) is 14.4. The zero-order valence-corrected chi connectivity index (χ0v) is 11.3. The van der Waals surface area contributed by atoms with Crippen LogP contribution in [-0.4, -0.2) is 44.4 Å². The average Bonchev–Trinajstić information content (AvgIpc) is 2.38. The van der Waals surface area contributed by atoms with Crippen molar-refractivity contribution in [2.75, 3.05) is 30.4 Å². The van der Waals surface area contributed by atoms with E-state index in [2.05, 4.69) is 15.6 Å². The van der Waals surface area contributed by atoms with Crippen LogP contribution in [0.1, 0.15) is 17.4 Å². The molecule has 100 valence electrons. The van der Waals surface area contributed by atoms with Gasteiger partial charge in [-0.15, -0.1) is 0 Å². The largest absolute Gasteiger partial charge is 0.388 e. The van der Waals surface area contributed by atoms with Gasteiger partial charge in [0, 0.05) is 31.2 Å². The van der Waals surface area contributed by atoms with Gasteiger partial charge in [-0.05, 0) is 12.1 Å². The lowest BCUT2D eigenvalue weighted by Gasteiger charge is -2.06. The number of aromatic nitrogens is 1. The van der Waals surface area contributed by atoms with Crippen LogP contribution in [0.15, 0.2) is 18.3 Å². The number of nitrogens with zero attached hydrogens (tertiary/aromatic N) is 1. The normalized spacial score (nSPS) is 11.0. The van der Waals surface area contributed by atoms with Gasteiger partial charge in [-0.1, -0.05) is 6.92 Å². The van der Waals surface area contributed by atoms with Gasteiger partial charge >= 0.3 is 0 Å². The Morgan fingerprint density at radius 2 is 2.17 bits per heavy atom. The third kappa shape index (κ3) is 4.33. The van der Waals surface area contributed by atoms with Crippen molar-refractivity contribution in [2.24, 2.45) is 0 Å². The highest BCUT2D eigenvalue weighted by atomic mass is 32.2. The Kier molecular flexibility index (Phi) is 5.08. The molecule has 1 amide bonds. The molecule has 0 aromatic carbocycles. The second kappa shape index (κ2) is 6.34. The quantitative estimate of drug-likeness (QED) is 0.776. The van der Waals surface area contributed by atoms with Crippen LogP contribution in [0.3, 0.4) is 0 Å².